The van der Waals surface area contributed by atoms with Gasteiger partial charge in [-0.1, -0.05) is 71.4 Å². The molecule has 0 aliphatic heterocycles. The maximum atomic E-state index is 14.2. The largest absolute Gasteiger partial charge is 0.378 e. The molecule has 1 atom stereocenters. The molecular formula is C33H34N6O2. The highest BCUT2D eigenvalue weighted by Crippen LogP contribution is 2.28. The van der Waals surface area contributed by atoms with Crippen LogP contribution in [0.1, 0.15) is 28.3 Å². The zero-order chi connectivity index (χ0) is 28.9. The number of carbonyl (C=O) groups excluding carboxylic acids is 2. The Hall–Kier alpha value is -4.98. The van der Waals surface area contributed by atoms with Crippen molar-refractivity contribution in [2.24, 2.45) is 0 Å². The smallest absolute Gasteiger partial charge is 0.251 e. The van der Waals surface area contributed by atoms with E-state index in [0.717, 1.165) is 33.5 Å². The summed E-state index contributed by atoms with van der Waals surface area (Å²) in [6.45, 7) is 4.21. The van der Waals surface area contributed by atoms with Gasteiger partial charge in [0.05, 0.1) is 5.52 Å². The number of carbonyl (C=O) groups is 2. The van der Waals surface area contributed by atoms with Crippen molar-refractivity contribution in [3.05, 3.63) is 119 Å². The van der Waals surface area contributed by atoms with Gasteiger partial charge in [-0.15, -0.1) is 5.10 Å². The van der Waals surface area contributed by atoms with E-state index < -0.39 is 6.04 Å². The average Bonchev–Trinajstić information content (AvgIpc) is 3.37. The maximum Gasteiger partial charge on any atom is 0.251 e. The van der Waals surface area contributed by atoms with Crippen LogP contribution in [0.3, 0.4) is 0 Å². The van der Waals surface area contributed by atoms with Crippen LogP contribution in [0.25, 0.3) is 11.0 Å². The number of aryl methyl sites for hydroxylation is 2. The number of amides is 2. The highest BCUT2D eigenvalue weighted by atomic mass is 16.2. The maximum absolute atomic E-state index is 14.2. The molecule has 208 valence electrons. The summed E-state index contributed by atoms with van der Waals surface area (Å²) < 4.78 is 1.59. The van der Waals surface area contributed by atoms with E-state index in [1.807, 2.05) is 130 Å². The van der Waals surface area contributed by atoms with E-state index in [-0.39, 0.29) is 24.9 Å². The number of hydrogen-bond acceptors (Lipinski definition) is 5. The number of nitrogens with one attached hydrogen (secondary N) is 1. The Balaban J connectivity index is 1.54. The van der Waals surface area contributed by atoms with Crippen molar-refractivity contribution < 1.29 is 9.59 Å². The van der Waals surface area contributed by atoms with E-state index in [1.165, 1.54) is 0 Å². The molecule has 41 heavy (non-hydrogen) atoms. The van der Waals surface area contributed by atoms with Crippen molar-refractivity contribution in [3.63, 3.8) is 0 Å². The van der Waals surface area contributed by atoms with Gasteiger partial charge in [-0.3, -0.25) is 9.59 Å². The molecule has 5 aromatic rings. The highest BCUT2D eigenvalue weighted by molar-refractivity contribution is 5.98. The summed E-state index contributed by atoms with van der Waals surface area (Å²) in [5.74, 6) is -0.538. The van der Waals surface area contributed by atoms with Crippen LogP contribution >= 0.6 is 0 Å². The van der Waals surface area contributed by atoms with E-state index in [4.69, 9.17) is 0 Å². The summed E-state index contributed by atoms with van der Waals surface area (Å²) in [6, 6.07) is 29.9. The predicted octanol–water partition coefficient (Wildman–Crippen LogP) is 5.52. The van der Waals surface area contributed by atoms with Gasteiger partial charge in [0.15, 0.2) is 0 Å². The predicted molar refractivity (Wildman–Crippen MR) is 163 cm³/mol. The first-order valence-corrected chi connectivity index (χ1v) is 13.6. The second-order valence-corrected chi connectivity index (χ2v) is 10.4. The lowest BCUT2D eigenvalue weighted by Gasteiger charge is -2.32. The molecule has 0 bridgehead atoms. The van der Waals surface area contributed by atoms with E-state index in [9.17, 15) is 9.59 Å². The Morgan fingerprint density at radius 3 is 2.24 bits per heavy atom. The zero-order valence-electron chi connectivity index (χ0n) is 23.8. The van der Waals surface area contributed by atoms with Crippen LogP contribution in [0.5, 0.6) is 0 Å². The summed E-state index contributed by atoms with van der Waals surface area (Å²) in [4.78, 5) is 31.9. The van der Waals surface area contributed by atoms with Gasteiger partial charge < -0.3 is 15.1 Å². The summed E-state index contributed by atoms with van der Waals surface area (Å²) in [7, 11) is 3.93. The lowest BCUT2D eigenvalue weighted by atomic mass is 10.0. The van der Waals surface area contributed by atoms with Gasteiger partial charge in [-0.05, 0) is 66.9 Å². The third-order valence-corrected chi connectivity index (χ3v) is 7.23. The van der Waals surface area contributed by atoms with E-state index >= 15 is 0 Å². The second kappa shape index (κ2) is 12.0. The molecular weight excluding hydrogens is 512 g/mol. The standard InChI is InChI=1S/C33H34N6O2/c1-23-13-15-25(16-14-23)32(33(41)34-27-17-19-28(20-18-27)37(3)4)38(21-26-10-6-5-9-24(26)2)31(40)22-39-30-12-8-7-11-29(30)35-36-39/h5-20,32H,21-22H2,1-4H3,(H,34,41). The molecule has 0 spiro atoms. The van der Waals surface area contributed by atoms with Gasteiger partial charge in [-0.25, -0.2) is 4.68 Å². The second-order valence-electron chi connectivity index (χ2n) is 10.4. The number of nitrogens with zero attached hydrogens (tertiary/aromatic N) is 5. The van der Waals surface area contributed by atoms with Crippen molar-refractivity contribution in [2.45, 2.75) is 33.0 Å². The number of rotatable bonds is 9. The first-order chi connectivity index (χ1) is 19.8. The molecule has 8 nitrogen and oxygen atoms in total. The molecule has 0 aliphatic carbocycles. The number of hydrogen-bond donors (Lipinski definition) is 1. The molecule has 0 saturated carbocycles. The van der Waals surface area contributed by atoms with Gasteiger partial charge >= 0.3 is 0 Å². The monoisotopic (exact) mass is 546 g/mol. The van der Waals surface area contributed by atoms with Gasteiger partial charge in [0.25, 0.3) is 5.91 Å². The Bertz CT molecular complexity index is 1660. The van der Waals surface area contributed by atoms with Crippen LogP contribution in [0, 0.1) is 13.8 Å². The molecule has 5 rings (SSSR count). The van der Waals surface area contributed by atoms with Crippen LogP contribution in [-0.2, 0) is 22.7 Å². The third kappa shape index (κ3) is 6.27. The van der Waals surface area contributed by atoms with Gasteiger partial charge in [0.2, 0.25) is 5.91 Å². The van der Waals surface area contributed by atoms with Gasteiger partial charge in [-0.2, -0.15) is 0 Å². The van der Waals surface area contributed by atoms with Crippen LogP contribution < -0.4 is 10.2 Å². The van der Waals surface area contributed by atoms with E-state index in [0.29, 0.717) is 11.2 Å². The average molecular weight is 547 g/mol. The number of anilines is 2. The van der Waals surface area contributed by atoms with Crippen molar-refractivity contribution in [1.82, 2.24) is 19.9 Å². The summed E-state index contributed by atoms with van der Waals surface area (Å²) in [6.07, 6.45) is 0. The van der Waals surface area contributed by atoms with Crippen LogP contribution in [0.15, 0.2) is 97.1 Å². The fraction of sp³-hybridized carbons (Fsp3) is 0.212. The first kappa shape index (κ1) is 27.6. The number of para-hydroxylation sites is 1. The highest BCUT2D eigenvalue weighted by Gasteiger charge is 2.32. The minimum atomic E-state index is -0.883. The molecule has 0 aliphatic rings. The molecule has 2 amide bonds. The van der Waals surface area contributed by atoms with E-state index in [1.54, 1.807) is 9.58 Å². The molecule has 8 heteroatoms. The van der Waals surface area contributed by atoms with Crippen LogP contribution in [0.4, 0.5) is 11.4 Å². The Morgan fingerprint density at radius 1 is 0.854 bits per heavy atom. The SMILES string of the molecule is Cc1ccc(C(C(=O)Nc2ccc(N(C)C)cc2)N(Cc2ccccc2C)C(=O)Cn2nnc3ccccc32)cc1. The summed E-state index contributed by atoms with van der Waals surface area (Å²) in [5, 5.41) is 11.5. The minimum absolute atomic E-state index is 0.0560. The van der Waals surface area contributed by atoms with Gasteiger partial charge in [0.1, 0.15) is 18.1 Å². The quantitative estimate of drug-likeness (QED) is 0.263. The van der Waals surface area contributed by atoms with E-state index in [2.05, 4.69) is 15.6 Å². The lowest BCUT2D eigenvalue weighted by molar-refractivity contribution is -0.140. The molecule has 0 saturated heterocycles. The molecule has 4 aromatic carbocycles. The number of benzene rings is 4. The Kier molecular flexibility index (Phi) is 8.10. The van der Waals surface area contributed by atoms with Crippen LogP contribution in [0.2, 0.25) is 0 Å². The molecule has 1 unspecified atom stereocenters. The Morgan fingerprint density at radius 2 is 1.54 bits per heavy atom. The third-order valence-electron chi connectivity index (χ3n) is 7.23. The summed E-state index contributed by atoms with van der Waals surface area (Å²) >= 11 is 0. The fourth-order valence-corrected chi connectivity index (χ4v) is 4.82. The molecule has 0 radical (unpaired) electrons. The van der Waals surface area contributed by atoms with Crippen molar-refractivity contribution in [2.75, 3.05) is 24.3 Å². The molecule has 0 fully saturated rings. The number of fused-ring (bicyclic) bond motifs is 1. The molecule has 1 heterocycles. The van der Waals surface area contributed by atoms with Crippen molar-refractivity contribution >= 4 is 34.2 Å². The van der Waals surface area contributed by atoms with Crippen molar-refractivity contribution in [1.29, 1.82) is 0 Å². The van der Waals surface area contributed by atoms with Crippen LogP contribution in [-0.4, -0.2) is 45.8 Å². The number of aromatic nitrogens is 3. The Labute approximate surface area is 240 Å². The fourth-order valence-electron chi connectivity index (χ4n) is 4.82. The molecule has 1 N–H and O–H groups in total. The minimum Gasteiger partial charge on any atom is -0.378 e. The normalized spacial score (nSPS) is 11.7. The zero-order valence-corrected chi connectivity index (χ0v) is 23.8. The topological polar surface area (TPSA) is 83.4 Å². The first-order valence-electron chi connectivity index (χ1n) is 13.6. The lowest BCUT2D eigenvalue weighted by Crippen LogP contribution is -2.42. The molecule has 1 aromatic heterocycles. The van der Waals surface area contributed by atoms with Crippen molar-refractivity contribution in [3.8, 4) is 0 Å². The van der Waals surface area contributed by atoms with Gasteiger partial charge in [0, 0.05) is 32.0 Å². The summed E-state index contributed by atoms with van der Waals surface area (Å²) in [5.41, 5.74) is 6.94.